The molecule has 33 heavy (non-hydrogen) atoms. The van der Waals surface area contributed by atoms with E-state index in [9.17, 15) is 9.65 Å². The second kappa shape index (κ2) is 10.0. The van der Waals surface area contributed by atoms with Crippen LogP contribution in [-0.4, -0.2) is 58.5 Å². The third kappa shape index (κ3) is 4.95. The van der Waals surface area contributed by atoms with Gasteiger partial charge in [0, 0.05) is 32.7 Å². The van der Waals surface area contributed by atoms with E-state index in [2.05, 4.69) is 11.0 Å². The van der Waals surface area contributed by atoms with E-state index in [4.69, 9.17) is 32.4 Å². The van der Waals surface area contributed by atoms with Gasteiger partial charge < -0.3 is 24.3 Å². The molecule has 2 saturated heterocycles. The lowest BCUT2D eigenvalue weighted by Crippen LogP contribution is -2.58. The molecular weight excluding hydrogens is 443 g/mol. The number of halogens is 1. The van der Waals surface area contributed by atoms with Crippen LogP contribution in [0.25, 0.3) is 0 Å². The van der Waals surface area contributed by atoms with Gasteiger partial charge in [-0.05, 0) is 55.7 Å². The summed E-state index contributed by atoms with van der Waals surface area (Å²) in [7, 11) is 3.57. The zero-order chi connectivity index (χ0) is 23.5. The number of ether oxygens (including phenoxy) is 2. The first-order chi connectivity index (χ1) is 15.9. The molecule has 4 rings (SSSR count). The predicted molar refractivity (Wildman–Crippen MR) is 125 cm³/mol. The average Bonchev–Trinajstić information content (AvgIpc) is 2.80. The molecule has 2 bridgehead atoms. The normalized spacial score (nSPS) is 23.3. The first-order valence-electron chi connectivity index (χ1n) is 11.1. The van der Waals surface area contributed by atoms with Crippen LogP contribution in [0.3, 0.4) is 0 Å². The summed E-state index contributed by atoms with van der Waals surface area (Å²) >= 11 is 5.46. The molecule has 0 radical (unpaired) electrons. The Morgan fingerprint density at radius 2 is 1.88 bits per heavy atom. The minimum atomic E-state index is -0.269. The van der Waals surface area contributed by atoms with Crippen molar-refractivity contribution in [2.45, 2.75) is 37.4 Å². The highest BCUT2D eigenvalue weighted by Gasteiger charge is 2.38. The molecule has 0 saturated carbocycles. The molecule has 2 aliphatic rings. The largest absolute Gasteiger partial charge is 0.494 e. The number of nitrogens with two attached hydrogens (primary N) is 1. The summed E-state index contributed by atoms with van der Waals surface area (Å²) in [5.74, 6) is 0.742. The van der Waals surface area contributed by atoms with Gasteiger partial charge in [0.25, 0.3) is 0 Å². The van der Waals surface area contributed by atoms with Crippen molar-refractivity contribution in [2.75, 3.05) is 32.1 Å². The molecule has 0 spiro atoms. The Balaban J connectivity index is 1.44. The molecule has 3 heterocycles. The number of nitriles is 1. The van der Waals surface area contributed by atoms with Crippen LogP contribution in [0.5, 0.6) is 5.75 Å². The lowest BCUT2D eigenvalue weighted by Gasteiger charge is -2.47. The Labute approximate surface area is 197 Å². The van der Waals surface area contributed by atoms with E-state index in [0.717, 1.165) is 25.8 Å². The fourth-order valence-electron chi connectivity index (χ4n) is 4.70. The molecular formula is C23H29FN6O2S. The van der Waals surface area contributed by atoms with E-state index >= 15 is 0 Å². The SMILES string of the molecule is Cn1c(N)c(C#N)c(=NC2CC3COCC(C2)N3CCCOc2ccc(F)cc2)n(C)c1=S. The summed E-state index contributed by atoms with van der Waals surface area (Å²) in [6.45, 7) is 2.79. The van der Waals surface area contributed by atoms with Gasteiger partial charge in [-0.2, -0.15) is 5.26 Å². The van der Waals surface area contributed by atoms with Gasteiger partial charge in [0.05, 0.1) is 25.9 Å². The maximum Gasteiger partial charge on any atom is 0.182 e. The van der Waals surface area contributed by atoms with Crippen LogP contribution in [0.4, 0.5) is 10.2 Å². The van der Waals surface area contributed by atoms with Gasteiger partial charge in [-0.1, -0.05) is 0 Å². The van der Waals surface area contributed by atoms with Crippen LogP contribution in [0, 0.1) is 21.9 Å². The molecule has 8 nitrogen and oxygen atoms in total. The molecule has 176 valence electrons. The van der Waals surface area contributed by atoms with E-state index in [1.54, 1.807) is 28.3 Å². The molecule has 2 aromatic rings. The van der Waals surface area contributed by atoms with Gasteiger partial charge in [0.1, 0.15) is 29.0 Å². The van der Waals surface area contributed by atoms with E-state index in [1.807, 2.05) is 7.05 Å². The number of rotatable bonds is 6. The van der Waals surface area contributed by atoms with Crippen LogP contribution in [0.1, 0.15) is 24.8 Å². The van der Waals surface area contributed by atoms with Gasteiger partial charge in [-0.25, -0.2) is 4.39 Å². The summed E-state index contributed by atoms with van der Waals surface area (Å²) in [5, 5.41) is 9.68. The number of nitrogen functional groups attached to an aromatic ring is 1. The standard InChI is InChI=1S/C23H29FN6O2S/c1-28-21(26)20(12-25)22(29(2)23(28)33)27-16-10-17-13-31-14-18(11-16)30(17)8-3-9-32-19-6-4-15(24)5-7-19/h4-7,16-18H,3,8-11,13-14,26H2,1-2H3. The molecule has 1 aromatic carbocycles. The Hall–Kier alpha value is -2.74. The van der Waals surface area contributed by atoms with Crippen molar-refractivity contribution < 1.29 is 13.9 Å². The average molecular weight is 473 g/mol. The monoisotopic (exact) mass is 472 g/mol. The van der Waals surface area contributed by atoms with Gasteiger partial charge in [0.2, 0.25) is 0 Å². The molecule has 2 fully saturated rings. The lowest BCUT2D eigenvalue weighted by atomic mass is 9.90. The van der Waals surface area contributed by atoms with Gasteiger partial charge in [-0.15, -0.1) is 0 Å². The van der Waals surface area contributed by atoms with Crippen LogP contribution in [0.15, 0.2) is 29.3 Å². The highest BCUT2D eigenvalue weighted by Crippen LogP contribution is 2.29. The Bertz CT molecular complexity index is 1160. The van der Waals surface area contributed by atoms with Crippen molar-refractivity contribution >= 4 is 18.0 Å². The molecule has 2 unspecified atom stereocenters. The molecule has 1 aromatic heterocycles. The molecule has 0 aliphatic carbocycles. The van der Waals surface area contributed by atoms with Crippen molar-refractivity contribution in [3.05, 3.63) is 45.9 Å². The highest BCUT2D eigenvalue weighted by atomic mass is 32.1. The lowest BCUT2D eigenvalue weighted by molar-refractivity contribution is -0.0787. The van der Waals surface area contributed by atoms with E-state index in [-0.39, 0.29) is 23.9 Å². The maximum atomic E-state index is 13.0. The number of piperidine rings is 1. The Morgan fingerprint density at radius 1 is 1.21 bits per heavy atom. The zero-order valence-corrected chi connectivity index (χ0v) is 19.7. The molecule has 2 N–H and O–H groups in total. The van der Waals surface area contributed by atoms with Gasteiger partial charge in [-0.3, -0.25) is 9.89 Å². The third-order valence-electron chi connectivity index (χ3n) is 6.44. The topological polar surface area (TPSA) is 93.7 Å². The number of fused-ring (bicyclic) bond motifs is 2. The number of hydrogen-bond donors (Lipinski definition) is 1. The summed E-state index contributed by atoms with van der Waals surface area (Å²) in [5.41, 5.74) is 7.04. The van der Waals surface area contributed by atoms with E-state index in [0.29, 0.717) is 47.2 Å². The van der Waals surface area contributed by atoms with Gasteiger partial charge in [0.15, 0.2) is 10.3 Å². The number of hydrogen-bond acceptors (Lipinski definition) is 7. The van der Waals surface area contributed by atoms with Crippen molar-refractivity contribution in [2.24, 2.45) is 19.1 Å². The second-order valence-corrected chi connectivity index (χ2v) is 8.95. The number of aromatic nitrogens is 2. The zero-order valence-electron chi connectivity index (χ0n) is 18.9. The first kappa shape index (κ1) is 23.4. The summed E-state index contributed by atoms with van der Waals surface area (Å²) < 4.78 is 28.5. The minimum Gasteiger partial charge on any atom is -0.494 e. The van der Waals surface area contributed by atoms with E-state index in [1.165, 1.54) is 12.1 Å². The smallest absolute Gasteiger partial charge is 0.182 e. The van der Waals surface area contributed by atoms with Crippen molar-refractivity contribution in [3.8, 4) is 11.8 Å². The summed E-state index contributed by atoms with van der Waals surface area (Å²) in [4.78, 5) is 7.45. The van der Waals surface area contributed by atoms with Crippen molar-refractivity contribution in [3.63, 3.8) is 0 Å². The van der Waals surface area contributed by atoms with Crippen LogP contribution in [-0.2, 0) is 18.8 Å². The quantitative estimate of drug-likeness (QED) is 0.512. The fraction of sp³-hybridized carbons (Fsp3) is 0.522. The number of benzene rings is 1. The van der Waals surface area contributed by atoms with E-state index < -0.39 is 0 Å². The maximum absolute atomic E-state index is 13.0. The summed E-state index contributed by atoms with van der Waals surface area (Å²) in [6, 6.07) is 8.87. The minimum absolute atomic E-state index is 0.0652. The predicted octanol–water partition coefficient (Wildman–Crippen LogP) is 2.29. The molecule has 2 atom stereocenters. The number of anilines is 1. The van der Waals surface area contributed by atoms with Crippen LogP contribution < -0.4 is 16.0 Å². The first-order valence-corrected chi connectivity index (χ1v) is 11.5. The van der Waals surface area contributed by atoms with Crippen molar-refractivity contribution in [1.82, 2.24) is 14.0 Å². The third-order valence-corrected chi connectivity index (χ3v) is 6.99. The Morgan fingerprint density at radius 3 is 2.52 bits per heavy atom. The highest BCUT2D eigenvalue weighted by molar-refractivity contribution is 7.71. The van der Waals surface area contributed by atoms with Gasteiger partial charge >= 0.3 is 0 Å². The fourth-order valence-corrected chi connectivity index (χ4v) is 4.88. The Kier molecular flexibility index (Phi) is 7.12. The second-order valence-electron chi connectivity index (χ2n) is 8.59. The molecule has 2 aliphatic heterocycles. The van der Waals surface area contributed by atoms with Crippen LogP contribution in [0.2, 0.25) is 0 Å². The number of nitrogens with zero attached hydrogens (tertiary/aromatic N) is 5. The number of morpholine rings is 1. The molecule has 0 amide bonds. The van der Waals surface area contributed by atoms with Crippen molar-refractivity contribution in [1.29, 1.82) is 5.26 Å². The van der Waals surface area contributed by atoms with Crippen LogP contribution >= 0.6 is 12.2 Å². The summed E-state index contributed by atoms with van der Waals surface area (Å²) in [6.07, 6.45) is 2.55. The molecule has 10 heteroatoms.